The molecule has 8 heteroatoms. The van der Waals surface area contributed by atoms with Crippen molar-refractivity contribution >= 4 is 62.3 Å². The van der Waals surface area contributed by atoms with E-state index in [4.69, 9.17) is 33.9 Å². The molecule has 33 heavy (non-hydrogen) atoms. The molecule has 1 aliphatic carbocycles. The number of halogens is 2. The third-order valence-corrected chi connectivity index (χ3v) is 7.77. The molecule has 0 atom stereocenters. The summed E-state index contributed by atoms with van der Waals surface area (Å²) in [5.41, 5.74) is 9.57. The summed E-state index contributed by atoms with van der Waals surface area (Å²) in [4.78, 5) is 31.6. The van der Waals surface area contributed by atoms with Crippen molar-refractivity contribution in [2.75, 3.05) is 5.32 Å². The van der Waals surface area contributed by atoms with Gasteiger partial charge in [-0.25, -0.2) is 4.98 Å². The maximum Gasteiger partial charge on any atom is 0.257 e. The van der Waals surface area contributed by atoms with Gasteiger partial charge in [-0.15, -0.1) is 11.3 Å². The molecule has 5 nitrogen and oxygen atoms in total. The molecule has 0 aliphatic heterocycles. The van der Waals surface area contributed by atoms with Gasteiger partial charge >= 0.3 is 0 Å². The first-order valence-electron chi connectivity index (χ1n) is 10.5. The van der Waals surface area contributed by atoms with Crippen LogP contribution >= 0.6 is 34.5 Å². The summed E-state index contributed by atoms with van der Waals surface area (Å²) in [6.07, 6.45) is 3.79. The van der Waals surface area contributed by atoms with Crippen molar-refractivity contribution in [1.29, 1.82) is 0 Å². The number of nitrogens with zero attached hydrogens (tertiary/aromatic N) is 1. The fourth-order valence-corrected chi connectivity index (χ4v) is 5.84. The van der Waals surface area contributed by atoms with Crippen molar-refractivity contribution in [2.45, 2.75) is 25.7 Å². The fourth-order valence-electron chi connectivity index (χ4n) is 4.25. The topological polar surface area (TPSA) is 85.1 Å². The highest BCUT2D eigenvalue weighted by atomic mass is 35.5. The van der Waals surface area contributed by atoms with Crippen LogP contribution in [0.1, 0.15) is 44.0 Å². The first-order chi connectivity index (χ1) is 15.9. The van der Waals surface area contributed by atoms with E-state index in [-0.39, 0.29) is 5.91 Å². The first kappa shape index (κ1) is 21.9. The van der Waals surface area contributed by atoms with Gasteiger partial charge in [-0.2, -0.15) is 0 Å². The fraction of sp³-hybridized carbons (Fsp3) is 0.160. The third kappa shape index (κ3) is 4.10. The normalized spacial score (nSPS) is 13.0. The predicted octanol–water partition coefficient (Wildman–Crippen LogP) is 6.50. The molecule has 5 rings (SSSR count). The van der Waals surface area contributed by atoms with Crippen LogP contribution in [-0.2, 0) is 12.8 Å². The molecule has 0 radical (unpaired) electrons. The van der Waals surface area contributed by atoms with E-state index in [1.54, 1.807) is 18.2 Å². The molecule has 2 heterocycles. The van der Waals surface area contributed by atoms with Gasteiger partial charge in [0.2, 0.25) is 0 Å². The minimum absolute atomic E-state index is 0.323. The van der Waals surface area contributed by atoms with E-state index in [9.17, 15) is 9.59 Å². The monoisotopic (exact) mass is 495 g/mol. The van der Waals surface area contributed by atoms with Gasteiger partial charge in [0.15, 0.2) is 0 Å². The Hall–Kier alpha value is -2.93. The van der Waals surface area contributed by atoms with Crippen molar-refractivity contribution in [3.63, 3.8) is 0 Å². The Bertz CT molecular complexity index is 1430. The van der Waals surface area contributed by atoms with E-state index < -0.39 is 5.91 Å². The zero-order valence-electron chi connectivity index (χ0n) is 17.5. The van der Waals surface area contributed by atoms with Crippen molar-refractivity contribution in [3.8, 4) is 11.3 Å². The average molecular weight is 496 g/mol. The van der Waals surface area contributed by atoms with Crippen molar-refractivity contribution in [1.82, 2.24) is 4.98 Å². The highest BCUT2D eigenvalue weighted by Crippen LogP contribution is 2.38. The SMILES string of the molecule is NC(=O)c1c(NC(=O)c2cc(-c3ccc(Cl)c(Cl)c3)nc3ccccc23)sc2c1CCCC2. The molecular formula is C25H19Cl2N3O2S. The summed E-state index contributed by atoms with van der Waals surface area (Å²) < 4.78 is 0. The molecule has 166 valence electrons. The van der Waals surface area contributed by atoms with Gasteiger partial charge in [0, 0.05) is 15.8 Å². The van der Waals surface area contributed by atoms with Gasteiger partial charge < -0.3 is 11.1 Å². The number of para-hydroxylation sites is 1. The standard InChI is InChI=1S/C25H19Cl2N3O2S/c26-17-10-9-13(11-18(17)27)20-12-16(14-5-1-3-7-19(14)29-20)24(32)30-25-22(23(28)31)15-6-2-4-8-21(15)33-25/h1,3,5,7,9-12H,2,4,6,8H2,(H2,28,31)(H,30,32). The Morgan fingerprint density at radius 3 is 2.58 bits per heavy atom. The second kappa shape index (κ2) is 8.78. The Balaban J connectivity index is 1.60. The number of benzene rings is 2. The van der Waals surface area contributed by atoms with Crippen LogP contribution in [0.25, 0.3) is 22.2 Å². The summed E-state index contributed by atoms with van der Waals surface area (Å²) in [5, 5.41) is 5.03. The molecule has 2 amide bonds. The molecule has 0 saturated carbocycles. The lowest BCUT2D eigenvalue weighted by molar-refractivity contribution is 0.100. The van der Waals surface area contributed by atoms with Crippen LogP contribution in [0.15, 0.2) is 48.5 Å². The summed E-state index contributed by atoms with van der Waals surface area (Å²) in [6.45, 7) is 0. The van der Waals surface area contributed by atoms with Crippen LogP contribution in [0.3, 0.4) is 0 Å². The first-order valence-corrected chi connectivity index (χ1v) is 12.1. The van der Waals surface area contributed by atoms with Gasteiger partial charge in [0.05, 0.1) is 32.4 Å². The summed E-state index contributed by atoms with van der Waals surface area (Å²) in [5.74, 6) is -0.836. The van der Waals surface area contributed by atoms with Crippen molar-refractivity contribution < 1.29 is 9.59 Å². The Morgan fingerprint density at radius 2 is 1.79 bits per heavy atom. The Kier molecular flexibility index (Phi) is 5.83. The molecule has 0 saturated heterocycles. The van der Waals surface area contributed by atoms with Crippen molar-refractivity contribution in [3.05, 3.63) is 80.1 Å². The number of hydrogen-bond acceptors (Lipinski definition) is 4. The molecule has 0 unspecified atom stereocenters. The smallest absolute Gasteiger partial charge is 0.257 e. The second-order valence-corrected chi connectivity index (χ2v) is 9.85. The molecule has 2 aromatic carbocycles. The zero-order chi connectivity index (χ0) is 23.1. The number of amides is 2. The highest BCUT2D eigenvalue weighted by Gasteiger charge is 2.26. The van der Waals surface area contributed by atoms with E-state index in [0.717, 1.165) is 41.7 Å². The molecule has 3 N–H and O–H groups in total. The molecule has 0 fully saturated rings. The number of anilines is 1. The maximum absolute atomic E-state index is 13.5. The van der Waals surface area contributed by atoms with Crippen LogP contribution in [0.2, 0.25) is 10.0 Å². The largest absolute Gasteiger partial charge is 0.365 e. The quantitative estimate of drug-likeness (QED) is 0.338. The number of carbonyl (C=O) groups excluding carboxylic acids is 2. The Labute approximate surface area is 204 Å². The number of pyridine rings is 1. The molecule has 2 aromatic heterocycles. The van der Waals surface area contributed by atoms with Crippen molar-refractivity contribution in [2.24, 2.45) is 5.73 Å². The lowest BCUT2D eigenvalue weighted by Gasteiger charge is -2.12. The highest BCUT2D eigenvalue weighted by molar-refractivity contribution is 7.17. The van der Waals surface area contributed by atoms with Gasteiger partial charge in [-0.1, -0.05) is 47.5 Å². The number of aryl methyl sites for hydroxylation is 1. The molecular weight excluding hydrogens is 477 g/mol. The zero-order valence-corrected chi connectivity index (χ0v) is 19.8. The van der Waals surface area contributed by atoms with E-state index in [1.165, 1.54) is 11.3 Å². The van der Waals surface area contributed by atoms with E-state index in [2.05, 4.69) is 5.32 Å². The number of hydrogen-bond donors (Lipinski definition) is 2. The second-order valence-electron chi connectivity index (χ2n) is 7.93. The van der Waals surface area contributed by atoms with Gasteiger partial charge in [0.25, 0.3) is 11.8 Å². The van der Waals surface area contributed by atoms with Crippen LogP contribution in [-0.4, -0.2) is 16.8 Å². The molecule has 4 aromatic rings. The van der Waals surface area contributed by atoms with E-state index >= 15 is 0 Å². The number of aromatic nitrogens is 1. The van der Waals surface area contributed by atoms with E-state index in [1.807, 2.05) is 30.3 Å². The molecule has 0 spiro atoms. The summed E-state index contributed by atoms with van der Waals surface area (Å²) in [6, 6.07) is 14.4. The molecule has 0 bridgehead atoms. The number of rotatable bonds is 4. The number of carbonyl (C=O) groups is 2. The lowest BCUT2D eigenvalue weighted by atomic mass is 9.95. The number of fused-ring (bicyclic) bond motifs is 2. The maximum atomic E-state index is 13.5. The third-order valence-electron chi connectivity index (χ3n) is 5.82. The van der Waals surface area contributed by atoms with Crippen LogP contribution in [0.5, 0.6) is 0 Å². The number of primary amides is 1. The van der Waals surface area contributed by atoms with Crippen LogP contribution in [0.4, 0.5) is 5.00 Å². The van der Waals surface area contributed by atoms with Crippen LogP contribution in [0, 0.1) is 0 Å². The number of nitrogens with two attached hydrogens (primary N) is 1. The lowest BCUT2D eigenvalue weighted by Crippen LogP contribution is -2.19. The van der Waals surface area contributed by atoms with Gasteiger partial charge in [0.1, 0.15) is 5.00 Å². The molecule has 1 aliphatic rings. The van der Waals surface area contributed by atoms with E-state index in [0.29, 0.717) is 42.8 Å². The number of thiophene rings is 1. The number of nitrogens with one attached hydrogen (secondary N) is 1. The average Bonchev–Trinajstić information content (AvgIpc) is 3.18. The van der Waals surface area contributed by atoms with Gasteiger partial charge in [-0.3, -0.25) is 9.59 Å². The van der Waals surface area contributed by atoms with Crippen LogP contribution < -0.4 is 11.1 Å². The summed E-state index contributed by atoms with van der Waals surface area (Å²) in [7, 11) is 0. The Morgan fingerprint density at radius 1 is 1.00 bits per heavy atom. The minimum Gasteiger partial charge on any atom is -0.365 e. The minimum atomic E-state index is -0.513. The summed E-state index contributed by atoms with van der Waals surface area (Å²) >= 11 is 13.7. The predicted molar refractivity (Wildman–Crippen MR) is 135 cm³/mol. The van der Waals surface area contributed by atoms with Gasteiger partial charge in [-0.05, 0) is 55.5 Å².